The van der Waals surface area contributed by atoms with E-state index in [1.54, 1.807) is 13.8 Å². The third-order valence-corrected chi connectivity index (χ3v) is 11.5. The number of nitrogens with zero attached hydrogens (tertiary/aromatic N) is 4. The fourth-order valence-corrected chi connectivity index (χ4v) is 7.64. The molecule has 0 bridgehead atoms. The topological polar surface area (TPSA) is 482 Å². The molecule has 29 nitrogen and oxygen atoms in total. The molecule has 0 unspecified atom stereocenters. The number of aromatic nitrogens is 4. The van der Waals surface area contributed by atoms with Crippen molar-refractivity contribution in [3.05, 3.63) is 36.4 Å². The van der Waals surface area contributed by atoms with Crippen molar-refractivity contribution in [1.29, 1.82) is 0 Å². The van der Waals surface area contributed by atoms with E-state index in [9.17, 15) is 48.3 Å². The van der Waals surface area contributed by atoms with Crippen molar-refractivity contribution in [2.24, 2.45) is 56.4 Å². The Morgan fingerprint density at radius 3 is 1.17 bits per heavy atom. The van der Waals surface area contributed by atoms with Gasteiger partial charge in [-0.05, 0) is 76.5 Å². The minimum absolute atomic E-state index is 0.0298. The summed E-state index contributed by atoms with van der Waals surface area (Å²) in [6.07, 6.45) is 5.95. The van der Waals surface area contributed by atoms with E-state index in [0.717, 1.165) is 0 Å². The summed E-state index contributed by atoms with van der Waals surface area (Å²) in [4.78, 5) is 144. The van der Waals surface area contributed by atoms with Crippen molar-refractivity contribution < 1.29 is 48.3 Å². The van der Waals surface area contributed by atoms with Crippen LogP contribution in [-0.2, 0) is 56.0 Å². The average Bonchev–Trinajstić information content (AvgIpc) is 4.06. The fourth-order valence-electron chi connectivity index (χ4n) is 7.64. The first kappa shape index (κ1) is 65.3. The molecule has 2 heterocycles. The standard InChI is InChI=1S/C48H83N19O10/c1-24(2)15-33(44(74)67-37(46(76)77)17-26(5)6)63-39(69)28(8)60-42(72)35(18-29-20-54-22-58-29)65-41(71)32(12-10-14-57-48(52)53)62-45(75)36(19-30-21-55-23-59-30)66-43(73)34(16-25(3)4)64-40(70)31(61-38(68)27(7)49)11-9-13-56-47(50)51/h20-28,31-37H,9-19,49H2,1-8H3,(H,54,58)(H,55,59)(H,60,72)(H,61,68)(H,62,75)(H,63,69)(H,64,70)(H,65,71)(H,66,73)(H,67,74)(H,76,77)(H4,50,51,56)(H4,52,53,57)/t27-,28-,31-,32-,33-,34-,35-,36-,37-/m0/s1. The zero-order valence-electron chi connectivity index (χ0n) is 45.3. The molecule has 0 spiro atoms. The first-order chi connectivity index (χ1) is 36.2. The van der Waals surface area contributed by atoms with E-state index in [0.29, 0.717) is 11.4 Å². The maximum absolute atomic E-state index is 14.5. The molecule has 2 aromatic rings. The number of imidazole rings is 2. The zero-order valence-corrected chi connectivity index (χ0v) is 45.3. The first-order valence-electron chi connectivity index (χ1n) is 25.6. The van der Waals surface area contributed by atoms with Gasteiger partial charge in [0.05, 0.1) is 18.7 Å². The van der Waals surface area contributed by atoms with Crippen LogP contribution in [0.2, 0.25) is 0 Å². The van der Waals surface area contributed by atoms with Gasteiger partial charge in [-0.1, -0.05) is 41.5 Å². The molecule has 9 atom stereocenters. The van der Waals surface area contributed by atoms with Crippen LogP contribution in [0.1, 0.15) is 112 Å². The maximum Gasteiger partial charge on any atom is 0.326 e. The lowest BCUT2D eigenvalue weighted by Crippen LogP contribution is -2.60. The van der Waals surface area contributed by atoms with Gasteiger partial charge >= 0.3 is 5.97 Å². The number of H-pyrrole nitrogens is 2. The molecule has 29 heteroatoms. The third-order valence-electron chi connectivity index (χ3n) is 11.5. The summed E-state index contributed by atoms with van der Waals surface area (Å²) >= 11 is 0. The van der Waals surface area contributed by atoms with E-state index in [1.165, 1.54) is 38.9 Å². The molecule has 0 saturated carbocycles. The third kappa shape index (κ3) is 25.5. The van der Waals surface area contributed by atoms with Crippen LogP contribution in [0.3, 0.4) is 0 Å². The minimum atomic E-state index is -1.41. The number of carbonyl (C=O) groups is 9. The van der Waals surface area contributed by atoms with Gasteiger partial charge in [-0.25, -0.2) is 14.8 Å². The van der Waals surface area contributed by atoms with Gasteiger partial charge in [-0.15, -0.1) is 0 Å². The van der Waals surface area contributed by atoms with E-state index in [4.69, 9.17) is 28.7 Å². The number of rotatable bonds is 35. The number of aliphatic carboxylic acids is 1. The number of carboxylic acid groups (broad SMARTS) is 1. The number of amides is 8. The van der Waals surface area contributed by atoms with Crippen molar-refractivity contribution in [1.82, 2.24) is 62.5 Å². The Bertz CT molecular complexity index is 2280. The molecule has 0 fully saturated rings. The van der Waals surface area contributed by atoms with Gasteiger partial charge in [-0.2, -0.15) is 0 Å². The molecule has 0 aliphatic carbocycles. The van der Waals surface area contributed by atoms with Crippen LogP contribution >= 0.6 is 0 Å². The number of hydrogen-bond donors (Lipinski definition) is 16. The second kappa shape index (κ2) is 33.2. The van der Waals surface area contributed by atoms with Crippen molar-refractivity contribution in [2.45, 2.75) is 168 Å². The highest BCUT2D eigenvalue weighted by atomic mass is 16.4. The number of nitrogens with two attached hydrogens (primary N) is 5. The summed E-state index contributed by atoms with van der Waals surface area (Å²) in [6.45, 7) is 13.8. The lowest BCUT2D eigenvalue weighted by molar-refractivity contribution is -0.143. The molecule has 2 rings (SSSR count). The highest BCUT2D eigenvalue weighted by Crippen LogP contribution is 2.12. The van der Waals surface area contributed by atoms with Gasteiger partial charge in [0.15, 0.2) is 11.9 Å². The second-order valence-corrected chi connectivity index (χ2v) is 20.1. The number of aliphatic imine (C=N–C) groups is 2. The molecule has 0 saturated heterocycles. The highest BCUT2D eigenvalue weighted by Gasteiger charge is 2.35. The number of carboxylic acids is 1. The summed E-state index contributed by atoms with van der Waals surface area (Å²) < 4.78 is 0. The first-order valence-corrected chi connectivity index (χ1v) is 25.6. The Balaban J connectivity index is 2.47. The fraction of sp³-hybridized carbons (Fsp3) is 0.646. The Kier molecular flexibility index (Phi) is 28.2. The second-order valence-electron chi connectivity index (χ2n) is 20.1. The average molecular weight is 1090 g/mol. The molecule has 0 aliphatic heterocycles. The zero-order chi connectivity index (χ0) is 57.9. The predicted molar refractivity (Wildman–Crippen MR) is 285 cm³/mol. The normalized spacial score (nSPS) is 14.7. The molecule has 430 valence electrons. The molecule has 2 aromatic heterocycles. The van der Waals surface area contributed by atoms with E-state index < -0.39 is 108 Å². The predicted octanol–water partition coefficient (Wildman–Crippen LogP) is -3.51. The Morgan fingerprint density at radius 1 is 0.481 bits per heavy atom. The van der Waals surface area contributed by atoms with Crippen molar-refractivity contribution in [2.75, 3.05) is 13.1 Å². The van der Waals surface area contributed by atoms with Crippen LogP contribution in [0.25, 0.3) is 0 Å². The minimum Gasteiger partial charge on any atom is -0.480 e. The number of nitrogens with one attached hydrogen (secondary N) is 10. The molecule has 77 heavy (non-hydrogen) atoms. The lowest BCUT2D eigenvalue weighted by Gasteiger charge is -2.28. The van der Waals surface area contributed by atoms with Crippen LogP contribution in [0.4, 0.5) is 0 Å². The SMILES string of the molecule is CC(C)C[C@H](NC(=O)[C@H](CC(C)C)NC(=O)[C@H](C)NC(=O)[C@H](Cc1cnc[nH]1)NC(=O)[C@H](CCCN=C(N)N)NC(=O)[C@H](Cc1cnc[nH]1)NC(=O)[C@H](CC(C)C)NC(=O)[C@H](CCCN=C(N)N)NC(=O)[C@H](C)N)C(=O)O. The molecule has 0 aliphatic rings. The lowest BCUT2D eigenvalue weighted by atomic mass is 10.0. The Labute approximate surface area is 448 Å². The largest absolute Gasteiger partial charge is 0.480 e. The van der Waals surface area contributed by atoms with Crippen LogP contribution in [0.5, 0.6) is 0 Å². The monoisotopic (exact) mass is 1090 g/mol. The van der Waals surface area contributed by atoms with Gasteiger partial charge in [0.1, 0.15) is 48.3 Å². The Morgan fingerprint density at radius 2 is 0.805 bits per heavy atom. The summed E-state index contributed by atoms with van der Waals surface area (Å²) in [6, 6.07) is -11.2. The van der Waals surface area contributed by atoms with Gasteiger partial charge < -0.3 is 86.3 Å². The summed E-state index contributed by atoms with van der Waals surface area (Å²) in [7, 11) is 0. The van der Waals surface area contributed by atoms with Crippen LogP contribution in [0.15, 0.2) is 35.0 Å². The van der Waals surface area contributed by atoms with Gasteiger partial charge in [0.25, 0.3) is 0 Å². The van der Waals surface area contributed by atoms with Crippen molar-refractivity contribution in [3.63, 3.8) is 0 Å². The summed E-state index contributed by atoms with van der Waals surface area (Å²) in [5.41, 5.74) is 28.6. The molecule has 0 aromatic carbocycles. The van der Waals surface area contributed by atoms with E-state index in [2.05, 4.69) is 72.5 Å². The maximum atomic E-state index is 14.5. The number of hydrogen-bond acceptors (Lipinski definition) is 14. The molecule has 8 amide bonds. The van der Waals surface area contributed by atoms with Crippen LogP contribution < -0.4 is 71.2 Å². The molecular formula is C48H83N19O10. The molecule has 21 N–H and O–H groups in total. The van der Waals surface area contributed by atoms with Gasteiger partial charge in [-0.3, -0.25) is 48.3 Å². The van der Waals surface area contributed by atoms with Crippen molar-refractivity contribution >= 4 is 65.1 Å². The van der Waals surface area contributed by atoms with Crippen LogP contribution in [0, 0.1) is 17.8 Å². The molecule has 0 radical (unpaired) electrons. The number of aromatic amines is 2. The summed E-state index contributed by atoms with van der Waals surface area (Å²) in [5.74, 6) is -8.14. The molecular weight excluding hydrogens is 1000 g/mol. The van der Waals surface area contributed by atoms with Crippen LogP contribution in [-0.4, -0.2) is 158 Å². The Hall–Kier alpha value is -7.85. The number of guanidine groups is 2. The van der Waals surface area contributed by atoms with Gasteiger partial charge in [0, 0.05) is 49.7 Å². The quantitative estimate of drug-likeness (QED) is 0.0181. The van der Waals surface area contributed by atoms with Gasteiger partial charge in [0.2, 0.25) is 47.3 Å². The van der Waals surface area contributed by atoms with E-state index in [-0.39, 0.29) is 101 Å². The number of carbonyl (C=O) groups excluding carboxylic acids is 8. The van der Waals surface area contributed by atoms with Crippen molar-refractivity contribution in [3.8, 4) is 0 Å². The van der Waals surface area contributed by atoms with E-state index >= 15 is 0 Å². The summed E-state index contributed by atoms with van der Waals surface area (Å²) in [5, 5.41) is 30.8. The van der Waals surface area contributed by atoms with E-state index in [1.807, 2.05) is 27.7 Å². The highest BCUT2D eigenvalue weighted by molar-refractivity contribution is 5.98. The smallest absolute Gasteiger partial charge is 0.326 e.